The zero-order chi connectivity index (χ0) is 30.4. The highest BCUT2D eigenvalue weighted by molar-refractivity contribution is 5.92. The Morgan fingerprint density at radius 2 is 1.78 bits per heavy atom. The van der Waals surface area contributed by atoms with E-state index in [9.17, 15) is 29.1 Å². The van der Waals surface area contributed by atoms with Crippen molar-refractivity contribution in [3.05, 3.63) is 48.0 Å². The van der Waals surface area contributed by atoms with Crippen molar-refractivity contribution in [2.75, 3.05) is 13.2 Å². The summed E-state index contributed by atoms with van der Waals surface area (Å²) in [5, 5.41) is 19.8. The van der Waals surface area contributed by atoms with Crippen molar-refractivity contribution in [2.45, 2.75) is 77.8 Å². The maximum atomic E-state index is 13.4. The monoisotopic (exact) mass is 574 g/mol. The van der Waals surface area contributed by atoms with Crippen LogP contribution in [0.5, 0.6) is 0 Å². The van der Waals surface area contributed by atoms with Crippen molar-refractivity contribution in [2.24, 2.45) is 11.8 Å². The Morgan fingerprint density at radius 1 is 1.07 bits per heavy atom. The predicted molar refractivity (Wildman–Crippen MR) is 150 cm³/mol. The minimum absolute atomic E-state index is 0.00202. The average molecular weight is 575 g/mol. The molecule has 41 heavy (non-hydrogen) atoms. The first-order valence-electron chi connectivity index (χ1n) is 13.9. The van der Waals surface area contributed by atoms with Crippen molar-refractivity contribution in [1.29, 1.82) is 0 Å². The van der Waals surface area contributed by atoms with Gasteiger partial charge in [0.25, 0.3) is 0 Å². The molecule has 226 valence electrons. The summed E-state index contributed by atoms with van der Waals surface area (Å²) < 4.78 is 10.7. The molecule has 0 spiro atoms. The molecular formula is C29H42N4O8. The van der Waals surface area contributed by atoms with E-state index in [2.05, 4.69) is 21.3 Å². The summed E-state index contributed by atoms with van der Waals surface area (Å²) in [5.41, 5.74) is 0.851. The molecule has 1 aromatic carbocycles. The number of esters is 1. The minimum atomic E-state index is -1.41. The van der Waals surface area contributed by atoms with Crippen LogP contribution < -0.4 is 21.3 Å². The molecule has 0 aliphatic carbocycles. The van der Waals surface area contributed by atoms with Crippen LogP contribution in [0.4, 0.5) is 4.79 Å². The van der Waals surface area contributed by atoms with E-state index in [1.165, 1.54) is 12.2 Å². The van der Waals surface area contributed by atoms with Gasteiger partial charge in [-0.3, -0.25) is 14.4 Å². The molecule has 1 fully saturated rings. The van der Waals surface area contributed by atoms with Gasteiger partial charge in [-0.15, -0.1) is 0 Å². The smallest absolute Gasteiger partial charge is 0.405 e. The van der Waals surface area contributed by atoms with Gasteiger partial charge in [-0.25, -0.2) is 9.59 Å². The number of rotatable bonds is 16. The molecule has 5 N–H and O–H groups in total. The second-order valence-corrected chi connectivity index (χ2v) is 10.4. The largest absolute Gasteiger partial charge is 0.465 e. The maximum Gasteiger partial charge on any atom is 0.405 e. The number of hydrogen-bond acceptors (Lipinski definition) is 7. The quantitative estimate of drug-likeness (QED) is 0.147. The molecule has 4 amide bonds. The summed E-state index contributed by atoms with van der Waals surface area (Å²) >= 11 is 0. The van der Waals surface area contributed by atoms with Crippen molar-refractivity contribution >= 4 is 29.8 Å². The first-order chi connectivity index (χ1) is 19.5. The number of benzene rings is 1. The predicted octanol–water partition coefficient (Wildman–Crippen LogP) is 1.89. The third-order valence-electron chi connectivity index (χ3n) is 6.51. The summed E-state index contributed by atoms with van der Waals surface area (Å²) in [6, 6.07) is 6.23. The Bertz CT molecular complexity index is 1060. The number of carbonyl (C=O) groups excluding carboxylic acids is 4. The number of carbonyl (C=O) groups is 5. The zero-order valence-corrected chi connectivity index (χ0v) is 24.1. The van der Waals surface area contributed by atoms with E-state index in [1.807, 2.05) is 44.2 Å². The number of ether oxygens (including phenoxy) is 2. The van der Waals surface area contributed by atoms with Gasteiger partial charge in [0.1, 0.15) is 12.1 Å². The Kier molecular flexibility index (Phi) is 13.8. The summed E-state index contributed by atoms with van der Waals surface area (Å²) in [7, 11) is 0. The molecule has 0 aromatic heterocycles. The van der Waals surface area contributed by atoms with E-state index >= 15 is 0 Å². The van der Waals surface area contributed by atoms with Gasteiger partial charge in [0, 0.05) is 24.6 Å². The Balaban J connectivity index is 2.17. The van der Waals surface area contributed by atoms with Crippen molar-refractivity contribution < 1.29 is 38.6 Å². The van der Waals surface area contributed by atoms with Crippen LogP contribution in [-0.2, 0) is 35.3 Å². The van der Waals surface area contributed by atoms with Gasteiger partial charge in [-0.2, -0.15) is 0 Å². The molecule has 1 saturated heterocycles. The van der Waals surface area contributed by atoms with Gasteiger partial charge >= 0.3 is 12.1 Å². The van der Waals surface area contributed by atoms with Crippen LogP contribution in [0.2, 0.25) is 0 Å². The van der Waals surface area contributed by atoms with Crippen LogP contribution in [0.25, 0.3) is 0 Å². The molecule has 1 aliphatic rings. The van der Waals surface area contributed by atoms with Crippen LogP contribution >= 0.6 is 0 Å². The van der Waals surface area contributed by atoms with Crippen LogP contribution in [0.3, 0.4) is 0 Å². The Hall–Kier alpha value is -3.93. The maximum absolute atomic E-state index is 13.4. The molecule has 1 aliphatic heterocycles. The molecule has 1 aromatic rings. The van der Waals surface area contributed by atoms with Gasteiger partial charge in [0.15, 0.2) is 0 Å². The van der Waals surface area contributed by atoms with Gasteiger partial charge in [-0.1, -0.05) is 50.3 Å². The van der Waals surface area contributed by atoms with E-state index in [0.717, 1.165) is 5.56 Å². The normalized spacial score (nSPS) is 17.8. The van der Waals surface area contributed by atoms with Gasteiger partial charge < -0.3 is 35.8 Å². The molecule has 5 atom stereocenters. The lowest BCUT2D eigenvalue weighted by Gasteiger charge is -2.28. The first-order valence-corrected chi connectivity index (χ1v) is 13.9. The highest BCUT2D eigenvalue weighted by atomic mass is 16.5. The Morgan fingerprint density at radius 3 is 2.37 bits per heavy atom. The van der Waals surface area contributed by atoms with Crippen LogP contribution in [0.15, 0.2) is 42.5 Å². The summed E-state index contributed by atoms with van der Waals surface area (Å²) in [4.78, 5) is 62.3. The molecule has 2 rings (SSSR count). The fourth-order valence-electron chi connectivity index (χ4n) is 4.42. The fourth-order valence-corrected chi connectivity index (χ4v) is 4.42. The van der Waals surface area contributed by atoms with Crippen LogP contribution in [0.1, 0.15) is 52.5 Å². The third kappa shape index (κ3) is 12.0. The average Bonchev–Trinajstić information content (AvgIpc) is 3.32. The standard InChI is InChI=1S/C29H42N4O8/c1-5-40-24(34)12-11-22(16-21-13-14-30-26(21)35)31-27(36)23(15-18(2)3)32-28(37)25(33-29(38)39)19(4)41-17-20-9-7-6-8-10-20/h6-12,18-19,21-23,25,33H,5,13-17H2,1-4H3,(H,30,35)(H,31,36)(H,32,37)(H,38,39)/b12-11+/t19?,21-,22+,23-,25-/m0/s1. The van der Waals surface area contributed by atoms with E-state index in [1.54, 1.807) is 13.8 Å². The molecule has 0 radical (unpaired) electrons. The number of nitrogens with one attached hydrogen (secondary N) is 4. The summed E-state index contributed by atoms with van der Waals surface area (Å²) in [6.07, 6.45) is 1.52. The first kappa shape index (κ1) is 33.3. The second-order valence-electron chi connectivity index (χ2n) is 10.4. The van der Waals surface area contributed by atoms with Crippen molar-refractivity contribution in [3.63, 3.8) is 0 Å². The number of hydrogen-bond donors (Lipinski definition) is 5. The molecule has 0 bridgehead atoms. The van der Waals surface area contributed by atoms with E-state index in [0.29, 0.717) is 13.0 Å². The third-order valence-corrected chi connectivity index (χ3v) is 6.51. The van der Waals surface area contributed by atoms with E-state index < -0.39 is 48.1 Å². The van der Waals surface area contributed by atoms with Gasteiger partial charge in [-0.05, 0) is 44.6 Å². The molecule has 1 unspecified atom stereocenters. The zero-order valence-electron chi connectivity index (χ0n) is 24.1. The lowest BCUT2D eigenvalue weighted by atomic mass is 9.96. The fraction of sp³-hybridized carbons (Fsp3) is 0.552. The van der Waals surface area contributed by atoms with Crippen molar-refractivity contribution in [3.8, 4) is 0 Å². The topological polar surface area (TPSA) is 172 Å². The molecule has 12 nitrogen and oxygen atoms in total. The second kappa shape index (κ2) is 17.0. The summed E-state index contributed by atoms with van der Waals surface area (Å²) in [6.45, 7) is 7.88. The lowest BCUT2D eigenvalue weighted by Crippen LogP contribution is -2.58. The molecule has 1 heterocycles. The van der Waals surface area contributed by atoms with Gasteiger partial charge in [0.05, 0.1) is 19.3 Å². The summed E-state index contributed by atoms with van der Waals surface area (Å²) in [5.74, 6) is -2.32. The molecule has 12 heteroatoms. The highest BCUT2D eigenvalue weighted by Crippen LogP contribution is 2.18. The van der Waals surface area contributed by atoms with Crippen LogP contribution in [-0.4, -0.2) is 72.3 Å². The van der Waals surface area contributed by atoms with Crippen molar-refractivity contribution in [1.82, 2.24) is 21.3 Å². The molecular weight excluding hydrogens is 532 g/mol. The van der Waals surface area contributed by atoms with Crippen LogP contribution in [0, 0.1) is 11.8 Å². The molecule has 0 saturated carbocycles. The Labute approximate surface area is 240 Å². The SMILES string of the molecule is CCOC(=O)/C=C/[C@H](C[C@@H]1CCNC1=O)NC(=O)[C@H](CC(C)C)NC(=O)[C@@H](NC(=O)O)C(C)OCc1ccccc1. The minimum Gasteiger partial charge on any atom is -0.465 e. The van der Waals surface area contributed by atoms with Gasteiger partial charge in [0.2, 0.25) is 17.7 Å². The van der Waals surface area contributed by atoms with E-state index in [-0.39, 0.29) is 43.8 Å². The number of amides is 4. The number of carboxylic acid groups (broad SMARTS) is 1. The van der Waals surface area contributed by atoms with E-state index in [4.69, 9.17) is 9.47 Å². The highest BCUT2D eigenvalue weighted by Gasteiger charge is 2.33. The lowest BCUT2D eigenvalue weighted by molar-refractivity contribution is -0.137.